The van der Waals surface area contributed by atoms with Crippen molar-refractivity contribution >= 4 is 6.09 Å². The molecule has 0 aromatic carbocycles. The summed E-state index contributed by atoms with van der Waals surface area (Å²) in [7, 11) is 1.93. The molecule has 4 nitrogen and oxygen atoms in total. The van der Waals surface area contributed by atoms with Gasteiger partial charge in [-0.05, 0) is 47.6 Å². The molecule has 0 aliphatic carbocycles. The van der Waals surface area contributed by atoms with E-state index in [0.29, 0.717) is 6.04 Å². The molecule has 0 bridgehead atoms. The molecule has 16 heavy (non-hydrogen) atoms. The van der Waals surface area contributed by atoms with Crippen LogP contribution in [0.2, 0.25) is 0 Å². The quantitative estimate of drug-likeness (QED) is 0.786. The second kappa shape index (κ2) is 5.04. The van der Waals surface area contributed by atoms with Gasteiger partial charge >= 0.3 is 6.09 Å². The smallest absolute Gasteiger partial charge is 0.410 e. The van der Waals surface area contributed by atoms with E-state index in [1.165, 1.54) is 0 Å². The average molecular weight is 228 g/mol. The lowest BCUT2D eigenvalue weighted by Crippen LogP contribution is -2.48. The molecule has 1 aliphatic rings. The molecule has 94 valence electrons. The van der Waals surface area contributed by atoms with Crippen molar-refractivity contribution in [1.82, 2.24) is 10.2 Å². The van der Waals surface area contributed by atoms with Gasteiger partial charge in [0.1, 0.15) is 5.60 Å². The molecule has 1 heterocycles. The molecular weight excluding hydrogens is 204 g/mol. The molecule has 1 amide bonds. The zero-order chi connectivity index (χ0) is 12.3. The maximum Gasteiger partial charge on any atom is 0.410 e. The Labute approximate surface area is 98.3 Å². The first kappa shape index (κ1) is 13.3. The maximum absolute atomic E-state index is 12.0. The number of amides is 1. The fraction of sp³-hybridized carbons (Fsp3) is 0.917. The predicted molar refractivity (Wildman–Crippen MR) is 64.5 cm³/mol. The summed E-state index contributed by atoms with van der Waals surface area (Å²) >= 11 is 0. The van der Waals surface area contributed by atoms with E-state index in [0.717, 1.165) is 19.4 Å². The van der Waals surface area contributed by atoms with E-state index in [1.807, 2.05) is 32.7 Å². The molecule has 4 heteroatoms. The minimum absolute atomic E-state index is 0.183. The number of nitrogens with one attached hydrogen (secondary N) is 1. The van der Waals surface area contributed by atoms with Gasteiger partial charge in [-0.15, -0.1) is 0 Å². The standard InChI is InChI=1S/C12H24N2O2/c1-9(13-5)10-7-6-8-14(10)11(15)16-12(2,3)4/h9-10,13H,6-8H2,1-5H3/t9-,10+/m0/s1. The van der Waals surface area contributed by atoms with Crippen LogP contribution in [0.1, 0.15) is 40.5 Å². The molecule has 1 fully saturated rings. The molecule has 0 unspecified atom stereocenters. The van der Waals surface area contributed by atoms with Crippen LogP contribution in [-0.2, 0) is 4.74 Å². The lowest BCUT2D eigenvalue weighted by molar-refractivity contribution is 0.0203. The Morgan fingerprint density at radius 2 is 2.12 bits per heavy atom. The Balaban J connectivity index is 2.61. The SMILES string of the molecule is CN[C@@H](C)[C@H]1CCCN1C(=O)OC(C)(C)C. The van der Waals surface area contributed by atoms with Crippen molar-refractivity contribution in [3.63, 3.8) is 0 Å². The van der Waals surface area contributed by atoms with E-state index in [9.17, 15) is 4.79 Å². The number of nitrogens with zero attached hydrogens (tertiary/aromatic N) is 1. The summed E-state index contributed by atoms with van der Waals surface area (Å²) in [4.78, 5) is 13.8. The Morgan fingerprint density at radius 3 is 2.62 bits per heavy atom. The third-order valence-corrected chi connectivity index (χ3v) is 2.96. The summed E-state index contributed by atoms with van der Waals surface area (Å²) in [5.74, 6) is 0. The van der Waals surface area contributed by atoms with E-state index < -0.39 is 5.60 Å². The van der Waals surface area contributed by atoms with Gasteiger partial charge in [0, 0.05) is 12.6 Å². The highest BCUT2D eigenvalue weighted by atomic mass is 16.6. The van der Waals surface area contributed by atoms with Crippen molar-refractivity contribution < 1.29 is 9.53 Å². The minimum Gasteiger partial charge on any atom is -0.444 e. The lowest BCUT2D eigenvalue weighted by Gasteiger charge is -2.31. The zero-order valence-electron chi connectivity index (χ0n) is 11.0. The van der Waals surface area contributed by atoms with Crippen molar-refractivity contribution in [2.75, 3.05) is 13.6 Å². The number of hydrogen-bond donors (Lipinski definition) is 1. The summed E-state index contributed by atoms with van der Waals surface area (Å²) in [6.07, 6.45) is 1.94. The topological polar surface area (TPSA) is 41.6 Å². The Morgan fingerprint density at radius 1 is 1.50 bits per heavy atom. The van der Waals surface area contributed by atoms with Gasteiger partial charge in [0.05, 0.1) is 6.04 Å². The van der Waals surface area contributed by atoms with Crippen LogP contribution in [0.25, 0.3) is 0 Å². The molecule has 0 radical (unpaired) electrons. The van der Waals surface area contributed by atoms with Crippen LogP contribution in [-0.4, -0.2) is 42.3 Å². The summed E-state index contributed by atoms with van der Waals surface area (Å²) in [6, 6.07) is 0.579. The summed E-state index contributed by atoms with van der Waals surface area (Å²) in [6.45, 7) is 8.62. The van der Waals surface area contributed by atoms with E-state index in [1.54, 1.807) is 0 Å². The predicted octanol–water partition coefficient (Wildman–Crippen LogP) is 1.99. The second-order valence-corrected chi connectivity index (χ2v) is 5.46. The molecule has 1 saturated heterocycles. The third-order valence-electron chi connectivity index (χ3n) is 2.96. The van der Waals surface area contributed by atoms with Crippen LogP contribution < -0.4 is 5.32 Å². The number of hydrogen-bond acceptors (Lipinski definition) is 3. The Hall–Kier alpha value is -0.770. The van der Waals surface area contributed by atoms with E-state index in [2.05, 4.69) is 12.2 Å². The molecule has 1 aliphatic heterocycles. The highest BCUT2D eigenvalue weighted by Crippen LogP contribution is 2.22. The van der Waals surface area contributed by atoms with Crippen molar-refractivity contribution in [3.05, 3.63) is 0 Å². The van der Waals surface area contributed by atoms with Crippen LogP contribution >= 0.6 is 0 Å². The van der Waals surface area contributed by atoms with Crippen molar-refractivity contribution in [3.8, 4) is 0 Å². The van der Waals surface area contributed by atoms with Gasteiger partial charge in [0.25, 0.3) is 0 Å². The summed E-state index contributed by atoms with van der Waals surface area (Å²) in [5.41, 5.74) is -0.410. The number of likely N-dealkylation sites (N-methyl/N-ethyl adjacent to an activating group) is 1. The minimum atomic E-state index is -0.410. The first-order valence-corrected chi connectivity index (χ1v) is 6.02. The second-order valence-electron chi connectivity index (χ2n) is 5.46. The average Bonchev–Trinajstić information content (AvgIpc) is 2.62. The van der Waals surface area contributed by atoms with Gasteiger partial charge in [0.15, 0.2) is 0 Å². The zero-order valence-corrected chi connectivity index (χ0v) is 11.0. The normalized spacial score (nSPS) is 23.3. The first-order chi connectivity index (χ1) is 7.35. The molecular formula is C12H24N2O2. The Bertz CT molecular complexity index is 248. The molecule has 0 saturated carbocycles. The molecule has 0 spiro atoms. The lowest BCUT2D eigenvalue weighted by atomic mass is 10.1. The fourth-order valence-corrected chi connectivity index (χ4v) is 2.05. The Kier molecular flexibility index (Phi) is 4.19. The number of carbonyl (C=O) groups is 1. The van der Waals surface area contributed by atoms with Gasteiger partial charge in [-0.1, -0.05) is 0 Å². The fourth-order valence-electron chi connectivity index (χ4n) is 2.05. The van der Waals surface area contributed by atoms with E-state index in [-0.39, 0.29) is 12.1 Å². The molecule has 0 aromatic heterocycles. The van der Waals surface area contributed by atoms with Gasteiger partial charge < -0.3 is 15.0 Å². The number of ether oxygens (including phenoxy) is 1. The highest BCUT2D eigenvalue weighted by Gasteiger charge is 2.34. The van der Waals surface area contributed by atoms with Crippen molar-refractivity contribution in [2.24, 2.45) is 0 Å². The van der Waals surface area contributed by atoms with Gasteiger partial charge in [-0.2, -0.15) is 0 Å². The van der Waals surface area contributed by atoms with Gasteiger partial charge in [-0.3, -0.25) is 0 Å². The van der Waals surface area contributed by atoms with Crippen LogP contribution in [0.15, 0.2) is 0 Å². The monoisotopic (exact) mass is 228 g/mol. The molecule has 2 atom stereocenters. The summed E-state index contributed by atoms with van der Waals surface area (Å²) in [5, 5.41) is 3.21. The van der Waals surface area contributed by atoms with Crippen LogP contribution in [0.3, 0.4) is 0 Å². The molecule has 0 aromatic rings. The van der Waals surface area contributed by atoms with Gasteiger partial charge in [-0.25, -0.2) is 4.79 Å². The summed E-state index contributed by atoms with van der Waals surface area (Å²) < 4.78 is 5.41. The van der Waals surface area contributed by atoms with Crippen LogP contribution in [0.5, 0.6) is 0 Å². The third kappa shape index (κ3) is 3.37. The van der Waals surface area contributed by atoms with Crippen molar-refractivity contribution in [2.45, 2.75) is 58.2 Å². The first-order valence-electron chi connectivity index (χ1n) is 6.02. The van der Waals surface area contributed by atoms with Crippen molar-refractivity contribution in [1.29, 1.82) is 0 Å². The van der Waals surface area contributed by atoms with E-state index in [4.69, 9.17) is 4.74 Å². The number of carbonyl (C=O) groups excluding carboxylic acids is 1. The highest BCUT2D eigenvalue weighted by molar-refractivity contribution is 5.69. The number of likely N-dealkylation sites (tertiary alicyclic amines) is 1. The molecule has 1 rings (SSSR count). The van der Waals surface area contributed by atoms with Crippen LogP contribution in [0, 0.1) is 0 Å². The van der Waals surface area contributed by atoms with Gasteiger partial charge in [0.2, 0.25) is 0 Å². The maximum atomic E-state index is 12.0. The van der Waals surface area contributed by atoms with Crippen LogP contribution in [0.4, 0.5) is 4.79 Å². The molecule has 1 N–H and O–H groups in total. The van der Waals surface area contributed by atoms with E-state index >= 15 is 0 Å². The number of rotatable bonds is 2. The largest absolute Gasteiger partial charge is 0.444 e.